The Kier molecular flexibility index (Phi) is 6.74. The van der Waals surface area contributed by atoms with Crippen LogP contribution in [0.4, 0.5) is 10.2 Å². The Labute approximate surface area is 149 Å². The molecule has 1 heterocycles. The summed E-state index contributed by atoms with van der Waals surface area (Å²) in [6.07, 6.45) is 0.807. The summed E-state index contributed by atoms with van der Waals surface area (Å²) in [6.45, 7) is 3.24. The molecule has 6 heteroatoms. The van der Waals surface area contributed by atoms with Crippen molar-refractivity contribution < 1.29 is 4.39 Å². The van der Waals surface area contributed by atoms with Gasteiger partial charge in [0.15, 0.2) is 5.96 Å². The molecule has 0 amide bonds. The fourth-order valence-electron chi connectivity index (χ4n) is 2.46. The number of nitrogens with one attached hydrogen (secondary N) is 2. The molecule has 0 spiro atoms. The molecule has 0 fully saturated rings. The fourth-order valence-corrected chi connectivity index (χ4v) is 2.46. The highest BCUT2D eigenvalue weighted by Gasteiger charge is 2.03. The molecule has 25 heavy (non-hydrogen) atoms. The SMILES string of the molecule is CN=C(NCCc1ccc(F)cc1C)NCc1cccc(N(C)C)n1. The van der Waals surface area contributed by atoms with E-state index in [9.17, 15) is 4.39 Å². The van der Waals surface area contributed by atoms with Gasteiger partial charge in [-0.2, -0.15) is 0 Å². The maximum absolute atomic E-state index is 13.1. The van der Waals surface area contributed by atoms with Crippen molar-refractivity contribution in [2.75, 3.05) is 32.6 Å². The largest absolute Gasteiger partial charge is 0.363 e. The van der Waals surface area contributed by atoms with Gasteiger partial charge < -0.3 is 15.5 Å². The molecule has 1 aromatic heterocycles. The van der Waals surface area contributed by atoms with E-state index in [2.05, 4.69) is 20.6 Å². The molecular weight excluding hydrogens is 317 g/mol. The number of aliphatic imine (C=N–C) groups is 1. The molecule has 2 aromatic rings. The normalized spacial score (nSPS) is 11.3. The topological polar surface area (TPSA) is 52.6 Å². The quantitative estimate of drug-likeness (QED) is 0.625. The van der Waals surface area contributed by atoms with Gasteiger partial charge in [0.1, 0.15) is 11.6 Å². The summed E-state index contributed by atoms with van der Waals surface area (Å²) in [5.41, 5.74) is 3.04. The van der Waals surface area contributed by atoms with Gasteiger partial charge in [0, 0.05) is 27.7 Å². The van der Waals surface area contributed by atoms with Crippen molar-refractivity contribution >= 4 is 11.8 Å². The van der Waals surface area contributed by atoms with E-state index in [0.29, 0.717) is 6.54 Å². The number of rotatable bonds is 6. The van der Waals surface area contributed by atoms with Gasteiger partial charge in [-0.25, -0.2) is 9.37 Å². The molecule has 0 aliphatic rings. The van der Waals surface area contributed by atoms with Crippen LogP contribution in [-0.4, -0.2) is 38.6 Å². The number of aromatic nitrogens is 1. The Morgan fingerprint density at radius 1 is 1.20 bits per heavy atom. The van der Waals surface area contributed by atoms with E-state index >= 15 is 0 Å². The number of benzene rings is 1. The first-order valence-electron chi connectivity index (χ1n) is 8.32. The molecule has 5 nitrogen and oxygen atoms in total. The number of anilines is 1. The summed E-state index contributed by atoms with van der Waals surface area (Å²) in [5, 5.41) is 6.53. The van der Waals surface area contributed by atoms with Crippen LogP contribution in [0.5, 0.6) is 0 Å². The van der Waals surface area contributed by atoms with Crippen molar-refractivity contribution in [3.63, 3.8) is 0 Å². The van der Waals surface area contributed by atoms with E-state index in [1.165, 1.54) is 6.07 Å². The lowest BCUT2D eigenvalue weighted by Gasteiger charge is -2.14. The Bertz CT molecular complexity index is 728. The van der Waals surface area contributed by atoms with Crippen LogP contribution in [0.25, 0.3) is 0 Å². The third-order valence-electron chi connectivity index (χ3n) is 3.90. The summed E-state index contributed by atoms with van der Waals surface area (Å²) in [5.74, 6) is 1.45. The standard InChI is InChI=1S/C19H26FN5/c1-14-12-16(20)9-8-15(14)10-11-22-19(21-2)23-13-17-6-5-7-18(24-17)25(3)4/h5-9,12H,10-11,13H2,1-4H3,(H2,21,22,23). The van der Waals surface area contributed by atoms with E-state index in [1.54, 1.807) is 13.1 Å². The molecule has 0 saturated heterocycles. The number of halogens is 1. The zero-order chi connectivity index (χ0) is 18.2. The van der Waals surface area contributed by atoms with Gasteiger partial charge in [-0.1, -0.05) is 12.1 Å². The molecule has 0 aliphatic heterocycles. The summed E-state index contributed by atoms with van der Waals surface area (Å²) >= 11 is 0. The summed E-state index contributed by atoms with van der Waals surface area (Å²) < 4.78 is 13.1. The highest BCUT2D eigenvalue weighted by atomic mass is 19.1. The average molecular weight is 343 g/mol. The van der Waals surface area contributed by atoms with Gasteiger partial charge >= 0.3 is 0 Å². The first-order chi connectivity index (χ1) is 12.0. The third kappa shape index (κ3) is 5.74. The second-order valence-corrected chi connectivity index (χ2v) is 6.05. The van der Waals surface area contributed by atoms with E-state index in [1.807, 2.05) is 50.2 Å². The second-order valence-electron chi connectivity index (χ2n) is 6.05. The monoisotopic (exact) mass is 343 g/mol. The highest BCUT2D eigenvalue weighted by molar-refractivity contribution is 5.79. The van der Waals surface area contributed by atoms with Crippen molar-refractivity contribution in [2.45, 2.75) is 19.9 Å². The minimum Gasteiger partial charge on any atom is -0.363 e. The van der Waals surface area contributed by atoms with Crippen molar-refractivity contribution in [3.05, 3.63) is 59.0 Å². The lowest BCUT2D eigenvalue weighted by Crippen LogP contribution is -2.38. The van der Waals surface area contributed by atoms with Crippen molar-refractivity contribution in [1.82, 2.24) is 15.6 Å². The Hall–Kier alpha value is -2.63. The van der Waals surface area contributed by atoms with Gasteiger partial charge in [-0.15, -0.1) is 0 Å². The van der Waals surface area contributed by atoms with E-state index < -0.39 is 0 Å². The first kappa shape index (κ1) is 18.7. The summed E-state index contributed by atoms with van der Waals surface area (Å²) in [7, 11) is 5.68. The Morgan fingerprint density at radius 2 is 2.00 bits per heavy atom. The van der Waals surface area contributed by atoms with Crippen LogP contribution >= 0.6 is 0 Å². The minimum absolute atomic E-state index is 0.195. The third-order valence-corrected chi connectivity index (χ3v) is 3.90. The molecule has 2 rings (SSSR count). The predicted octanol–water partition coefficient (Wildman–Crippen LogP) is 2.50. The van der Waals surface area contributed by atoms with Crippen LogP contribution in [0, 0.1) is 12.7 Å². The lowest BCUT2D eigenvalue weighted by molar-refractivity contribution is 0.625. The second kappa shape index (κ2) is 9.01. The molecule has 0 unspecified atom stereocenters. The van der Waals surface area contributed by atoms with Crippen LogP contribution in [0.1, 0.15) is 16.8 Å². The van der Waals surface area contributed by atoms with Gasteiger partial charge in [0.2, 0.25) is 0 Å². The Morgan fingerprint density at radius 3 is 2.68 bits per heavy atom. The zero-order valence-electron chi connectivity index (χ0n) is 15.3. The minimum atomic E-state index is -0.195. The molecule has 0 saturated carbocycles. The van der Waals surface area contributed by atoms with Gasteiger partial charge in [0.25, 0.3) is 0 Å². The smallest absolute Gasteiger partial charge is 0.191 e. The van der Waals surface area contributed by atoms with E-state index in [4.69, 9.17) is 0 Å². The zero-order valence-corrected chi connectivity index (χ0v) is 15.3. The molecule has 1 aromatic carbocycles. The Balaban J connectivity index is 1.83. The van der Waals surface area contributed by atoms with Crippen molar-refractivity contribution in [3.8, 4) is 0 Å². The molecule has 2 N–H and O–H groups in total. The number of hydrogen-bond acceptors (Lipinski definition) is 3. The molecule has 0 aliphatic carbocycles. The number of hydrogen-bond donors (Lipinski definition) is 2. The fraction of sp³-hybridized carbons (Fsp3) is 0.368. The molecule has 0 radical (unpaired) electrons. The van der Waals surface area contributed by atoms with E-state index in [0.717, 1.165) is 41.6 Å². The van der Waals surface area contributed by atoms with Gasteiger partial charge in [-0.3, -0.25) is 4.99 Å². The molecular formula is C19H26FN5. The number of pyridine rings is 1. The van der Waals surface area contributed by atoms with Crippen LogP contribution in [0.2, 0.25) is 0 Å². The van der Waals surface area contributed by atoms with Crippen LogP contribution in [0.3, 0.4) is 0 Å². The predicted molar refractivity (Wildman–Crippen MR) is 102 cm³/mol. The number of guanidine groups is 1. The van der Waals surface area contributed by atoms with Crippen molar-refractivity contribution in [1.29, 1.82) is 0 Å². The van der Waals surface area contributed by atoms with Gasteiger partial charge in [-0.05, 0) is 48.7 Å². The number of aryl methyl sites for hydroxylation is 1. The van der Waals surface area contributed by atoms with Crippen LogP contribution in [-0.2, 0) is 13.0 Å². The maximum atomic E-state index is 13.1. The maximum Gasteiger partial charge on any atom is 0.191 e. The molecule has 0 atom stereocenters. The summed E-state index contributed by atoms with van der Waals surface area (Å²) in [6, 6.07) is 10.8. The first-order valence-corrected chi connectivity index (χ1v) is 8.32. The van der Waals surface area contributed by atoms with Crippen molar-refractivity contribution in [2.24, 2.45) is 4.99 Å². The average Bonchev–Trinajstić information content (AvgIpc) is 2.59. The van der Waals surface area contributed by atoms with Gasteiger partial charge in [0.05, 0.1) is 12.2 Å². The van der Waals surface area contributed by atoms with Crippen LogP contribution < -0.4 is 15.5 Å². The highest BCUT2D eigenvalue weighted by Crippen LogP contribution is 2.10. The lowest BCUT2D eigenvalue weighted by atomic mass is 10.1. The molecule has 0 bridgehead atoms. The number of nitrogens with zero attached hydrogens (tertiary/aromatic N) is 3. The van der Waals surface area contributed by atoms with Crippen LogP contribution in [0.15, 0.2) is 41.4 Å². The molecule has 134 valence electrons. The summed E-state index contributed by atoms with van der Waals surface area (Å²) in [4.78, 5) is 10.8. The van der Waals surface area contributed by atoms with E-state index in [-0.39, 0.29) is 5.82 Å².